The molecule has 2 aromatic rings. The van der Waals surface area contributed by atoms with Crippen LogP contribution in [0.3, 0.4) is 0 Å². The fourth-order valence-corrected chi connectivity index (χ4v) is 2.99. The first kappa shape index (κ1) is 23.0. The smallest absolute Gasteiger partial charge is 0.269 e. The Morgan fingerprint density at radius 1 is 1.19 bits per heavy atom. The van der Waals surface area contributed by atoms with Gasteiger partial charge >= 0.3 is 0 Å². The number of nitrogens with one attached hydrogen (secondary N) is 2. The molecule has 0 spiro atoms. The summed E-state index contributed by atoms with van der Waals surface area (Å²) in [6, 6.07) is 10.3. The van der Waals surface area contributed by atoms with Crippen LogP contribution in [0.5, 0.6) is 11.5 Å². The van der Waals surface area contributed by atoms with E-state index in [9.17, 15) is 10.1 Å². The summed E-state index contributed by atoms with van der Waals surface area (Å²) in [5.74, 6) is 1.40. The highest BCUT2D eigenvalue weighted by Gasteiger charge is 2.11. The molecule has 0 aliphatic carbocycles. The normalized spacial score (nSPS) is 10.0. The van der Waals surface area contributed by atoms with Crippen LogP contribution in [0, 0.1) is 10.1 Å². The van der Waals surface area contributed by atoms with Gasteiger partial charge in [-0.2, -0.15) is 0 Å². The lowest BCUT2D eigenvalue weighted by atomic mass is 10.2. The van der Waals surface area contributed by atoms with E-state index in [2.05, 4.69) is 26.6 Å². The molecule has 0 bridgehead atoms. The highest BCUT2D eigenvalue weighted by atomic mass is 79.9. The van der Waals surface area contributed by atoms with Gasteiger partial charge in [0, 0.05) is 37.5 Å². The number of nitro benzene ring substituents is 1. The molecule has 2 aromatic carbocycles. The highest BCUT2D eigenvalue weighted by Crippen LogP contribution is 2.36. The van der Waals surface area contributed by atoms with Gasteiger partial charge in [-0.1, -0.05) is 0 Å². The van der Waals surface area contributed by atoms with E-state index in [0.717, 1.165) is 22.3 Å². The average molecular weight is 461 g/mol. The highest BCUT2D eigenvalue weighted by molar-refractivity contribution is 9.10. The van der Waals surface area contributed by atoms with Gasteiger partial charge in [0.05, 0.1) is 23.1 Å². The molecule has 2 rings (SSSR count). The zero-order valence-electron chi connectivity index (χ0n) is 15.2. The number of non-ortho nitro benzene ring substituents is 1. The third kappa shape index (κ3) is 6.89. The molecule has 2 N–H and O–H groups in total. The van der Waals surface area contributed by atoms with Gasteiger partial charge in [-0.25, -0.2) is 0 Å². The van der Waals surface area contributed by atoms with E-state index in [1.54, 1.807) is 19.2 Å². The summed E-state index contributed by atoms with van der Waals surface area (Å²) in [5, 5.41) is 17.2. The molecule has 27 heavy (non-hydrogen) atoms. The number of hydrogen-bond donors (Lipinski definition) is 2. The molecule has 9 heteroatoms. The lowest BCUT2D eigenvalue weighted by Gasteiger charge is -2.14. The molecular formula is C18H23BrClN3O4. The summed E-state index contributed by atoms with van der Waals surface area (Å²) in [6.45, 7) is 4.63. The Labute approximate surface area is 173 Å². The number of nitrogens with zero attached hydrogens (tertiary/aromatic N) is 1. The van der Waals surface area contributed by atoms with E-state index in [1.807, 2.05) is 19.1 Å². The van der Waals surface area contributed by atoms with Crippen LogP contribution < -0.4 is 20.1 Å². The van der Waals surface area contributed by atoms with Gasteiger partial charge in [-0.15, -0.1) is 12.4 Å². The average Bonchev–Trinajstić information content (AvgIpc) is 2.63. The van der Waals surface area contributed by atoms with E-state index >= 15 is 0 Å². The van der Waals surface area contributed by atoms with Crippen molar-refractivity contribution in [2.75, 3.05) is 32.1 Å². The molecule has 7 nitrogen and oxygen atoms in total. The molecule has 0 heterocycles. The molecule has 0 fully saturated rings. The van der Waals surface area contributed by atoms with E-state index in [-0.39, 0.29) is 18.1 Å². The molecule has 0 aromatic heterocycles. The fourth-order valence-electron chi connectivity index (χ4n) is 2.39. The Balaban J connectivity index is 0.00000364. The zero-order chi connectivity index (χ0) is 18.9. The van der Waals surface area contributed by atoms with Crippen LogP contribution in [0.25, 0.3) is 0 Å². The number of halogens is 2. The van der Waals surface area contributed by atoms with Gasteiger partial charge in [-0.3, -0.25) is 10.1 Å². The number of hydrogen-bond acceptors (Lipinski definition) is 6. The molecule has 0 aliphatic rings. The minimum atomic E-state index is -0.408. The van der Waals surface area contributed by atoms with Crippen LogP contribution >= 0.6 is 28.3 Å². The quantitative estimate of drug-likeness (QED) is 0.311. The van der Waals surface area contributed by atoms with Crippen LogP contribution in [0.1, 0.15) is 12.5 Å². The first-order valence-electron chi connectivity index (χ1n) is 8.23. The van der Waals surface area contributed by atoms with E-state index < -0.39 is 4.92 Å². The summed E-state index contributed by atoms with van der Waals surface area (Å²) in [7, 11) is 1.62. The number of benzene rings is 2. The Kier molecular flexibility index (Phi) is 9.92. The lowest BCUT2D eigenvalue weighted by Crippen LogP contribution is -2.21. The van der Waals surface area contributed by atoms with Crippen LogP contribution in [0.4, 0.5) is 11.4 Å². The largest absolute Gasteiger partial charge is 0.493 e. The summed E-state index contributed by atoms with van der Waals surface area (Å²) >= 11 is 3.52. The van der Waals surface area contributed by atoms with E-state index in [4.69, 9.17) is 9.47 Å². The number of rotatable bonds is 10. The van der Waals surface area contributed by atoms with Gasteiger partial charge in [0.2, 0.25) is 0 Å². The second-order valence-corrected chi connectivity index (χ2v) is 6.30. The van der Waals surface area contributed by atoms with Gasteiger partial charge in [-0.05, 0) is 52.7 Å². The lowest BCUT2D eigenvalue weighted by molar-refractivity contribution is -0.384. The summed E-state index contributed by atoms with van der Waals surface area (Å²) in [6.07, 6.45) is 0. The van der Waals surface area contributed by atoms with Crippen LogP contribution in [-0.4, -0.2) is 31.7 Å². The van der Waals surface area contributed by atoms with Crippen molar-refractivity contribution in [2.45, 2.75) is 13.5 Å². The van der Waals surface area contributed by atoms with E-state index in [0.29, 0.717) is 31.2 Å². The number of anilines is 1. The van der Waals surface area contributed by atoms with E-state index in [1.165, 1.54) is 12.1 Å². The maximum atomic E-state index is 10.6. The Morgan fingerprint density at radius 2 is 1.89 bits per heavy atom. The fraction of sp³-hybridized carbons (Fsp3) is 0.333. The molecule has 0 atom stereocenters. The topological polar surface area (TPSA) is 85.7 Å². The van der Waals surface area contributed by atoms with Crippen molar-refractivity contribution in [1.29, 1.82) is 0 Å². The van der Waals surface area contributed by atoms with Crippen molar-refractivity contribution in [1.82, 2.24) is 5.32 Å². The molecular weight excluding hydrogens is 438 g/mol. The van der Waals surface area contributed by atoms with Crippen molar-refractivity contribution in [3.63, 3.8) is 0 Å². The predicted octanol–water partition coefficient (Wildman–Crippen LogP) is 4.39. The number of methoxy groups -OCH3 is 1. The number of ether oxygens (including phenoxy) is 2. The third-order valence-electron chi connectivity index (χ3n) is 3.62. The maximum absolute atomic E-state index is 10.6. The van der Waals surface area contributed by atoms with Gasteiger partial charge < -0.3 is 20.1 Å². The van der Waals surface area contributed by atoms with Crippen molar-refractivity contribution >= 4 is 39.7 Å². The Bertz CT molecular complexity index is 744. The van der Waals surface area contributed by atoms with Crippen molar-refractivity contribution in [3.8, 4) is 11.5 Å². The second kappa shape index (κ2) is 11.6. The van der Waals surface area contributed by atoms with Gasteiger partial charge in [0.25, 0.3) is 5.69 Å². The standard InChI is InChI=1S/C18H22BrN3O4.ClH/c1-3-26-18-16(19)10-13(11-17(18)25-2)12-20-8-9-21-14-4-6-15(7-5-14)22(23)24;/h4-7,10-11,20-21H,3,8-9,12H2,1-2H3;1H. The summed E-state index contributed by atoms with van der Waals surface area (Å²) < 4.78 is 11.8. The second-order valence-electron chi connectivity index (χ2n) is 5.45. The molecule has 0 radical (unpaired) electrons. The summed E-state index contributed by atoms with van der Waals surface area (Å²) in [4.78, 5) is 10.2. The van der Waals surface area contributed by atoms with Crippen LogP contribution in [0.15, 0.2) is 40.9 Å². The van der Waals surface area contributed by atoms with Crippen LogP contribution in [-0.2, 0) is 6.54 Å². The maximum Gasteiger partial charge on any atom is 0.269 e. The minimum Gasteiger partial charge on any atom is -0.493 e. The molecule has 0 unspecified atom stereocenters. The molecule has 0 amide bonds. The van der Waals surface area contributed by atoms with Crippen molar-refractivity contribution in [2.24, 2.45) is 0 Å². The van der Waals surface area contributed by atoms with Gasteiger partial charge in [0.15, 0.2) is 11.5 Å². The molecule has 0 aliphatic heterocycles. The Morgan fingerprint density at radius 3 is 2.48 bits per heavy atom. The molecule has 0 saturated heterocycles. The zero-order valence-corrected chi connectivity index (χ0v) is 17.6. The first-order valence-corrected chi connectivity index (χ1v) is 9.02. The number of nitro groups is 1. The monoisotopic (exact) mass is 459 g/mol. The SMILES string of the molecule is CCOc1c(Br)cc(CNCCNc2ccc([N+](=O)[O-])cc2)cc1OC.Cl. The first-order chi connectivity index (χ1) is 12.5. The van der Waals surface area contributed by atoms with Crippen molar-refractivity contribution in [3.05, 3.63) is 56.5 Å². The Hall–Kier alpha value is -2.03. The molecule has 0 saturated carbocycles. The third-order valence-corrected chi connectivity index (χ3v) is 4.21. The molecule has 148 valence electrons. The van der Waals surface area contributed by atoms with Crippen LogP contribution in [0.2, 0.25) is 0 Å². The summed E-state index contributed by atoms with van der Waals surface area (Å²) in [5.41, 5.74) is 2.01. The minimum absolute atomic E-state index is 0. The van der Waals surface area contributed by atoms with Crippen molar-refractivity contribution < 1.29 is 14.4 Å². The predicted molar refractivity (Wildman–Crippen MR) is 112 cm³/mol. The van der Waals surface area contributed by atoms with Gasteiger partial charge in [0.1, 0.15) is 0 Å².